The van der Waals surface area contributed by atoms with Crippen LogP contribution in [0.1, 0.15) is 121 Å². The molecule has 5 rings (SSSR count). The van der Waals surface area contributed by atoms with Gasteiger partial charge in [0.15, 0.2) is 17.9 Å². The summed E-state index contributed by atoms with van der Waals surface area (Å²) in [6, 6.07) is 5.79. The van der Waals surface area contributed by atoms with Crippen LogP contribution in [0, 0.1) is 17.8 Å². The molecule has 1 aromatic rings. The molecule has 4 aliphatic rings. The molecule has 0 aliphatic carbocycles. The largest absolute Gasteiger partial charge is 0.461 e. The molecular weight excluding hydrogens is 1120 g/mol. The number of anilines is 1. The van der Waals surface area contributed by atoms with Crippen molar-refractivity contribution in [1.29, 1.82) is 0 Å². The average molecular weight is 1220 g/mol. The molecule has 14 N–H and O–H groups in total. The lowest BCUT2D eigenvalue weighted by atomic mass is 9.82. The minimum Gasteiger partial charge on any atom is -0.461 e. The van der Waals surface area contributed by atoms with Crippen LogP contribution in [0.2, 0.25) is 0 Å². The van der Waals surface area contributed by atoms with Crippen LogP contribution in [-0.4, -0.2) is 210 Å². The monoisotopic (exact) mass is 1220 g/mol. The van der Waals surface area contributed by atoms with Crippen molar-refractivity contribution in [2.45, 2.75) is 208 Å². The summed E-state index contributed by atoms with van der Waals surface area (Å²) in [6.45, 7) is 7.91. The number of esters is 1. The average Bonchev–Trinajstić information content (AvgIpc) is 1.26. The van der Waals surface area contributed by atoms with Crippen molar-refractivity contribution in [3.05, 3.63) is 115 Å². The van der Waals surface area contributed by atoms with Gasteiger partial charge >= 0.3 is 5.97 Å². The molecule has 87 heavy (non-hydrogen) atoms. The molecule has 0 radical (unpaired) electrons. The Kier molecular flexibility index (Phi) is 31.0. The zero-order valence-electron chi connectivity index (χ0n) is 50.8. The van der Waals surface area contributed by atoms with E-state index in [2.05, 4.69) is 15.5 Å². The van der Waals surface area contributed by atoms with Crippen LogP contribution in [0.3, 0.4) is 0 Å². The summed E-state index contributed by atoms with van der Waals surface area (Å²) in [6.07, 6.45) is 5.64. The summed E-state index contributed by atoms with van der Waals surface area (Å²) in [5.41, 5.74) is 7.47. The van der Waals surface area contributed by atoms with Crippen LogP contribution < -0.4 is 16.4 Å². The number of likely N-dealkylation sites (tertiary alicyclic amines) is 1. The number of carbonyl (C=O) groups excluding carboxylic acids is 4. The number of ether oxygens (including phenoxy) is 4. The smallest absolute Gasteiger partial charge is 0.308 e. The number of fused-ring (bicyclic) bond motifs is 2. The maximum atomic E-state index is 14.0. The van der Waals surface area contributed by atoms with Crippen molar-refractivity contribution >= 4 is 29.1 Å². The molecule has 3 fully saturated rings. The number of allylic oxidation sites excluding steroid dienone is 12. The van der Waals surface area contributed by atoms with Crippen molar-refractivity contribution in [3.8, 4) is 0 Å². The van der Waals surface area contributed by atoms with Gasteiger partial charge in [0.1, 0.15) is 18.0 Å². The molecule has 1 amide bonds. The molecule has 4 heterocycles. The highest BCUT2D eigenvalue weighted by Gasteiger charge is 2.51. The molecule has 0 aromatic heterocycles. The predicted octanol–water partition coefficient (Wildman–Crippen LogP) is 2.87. The lowest BCUT2D eigenvalue weighted by Crippen LogP contribution is -2.62. The standard InChI is InChI=1S/C65H98N4O18/c1-41-19-15-13-11-9-7-5-6-8-10-12-14-16-20-53(85-64-61(81)59(66)60(80)43(3)84-64)38-56-58(63(82)68-27-30-69-28-17-18-29-69)55(78)40-65(83,87-56)39-52(76)35-50(74)33-48(72)31-47(71)32-49(73)34-51(75)37-57(79)86-62(41)42(2)21-26-46(70)36-54(77)44-22-24-45(67-4)25-23-44/h5-16,19-20,22-25,41-43,46-48,50-53,55-56,58-62,64,67,70-72,74-76,78,80-81,83H,17-18,21,26-40,66H2,1-4H3,(H,68,82)/b6-5+,9-7+,10-8+,13-11+,14-12+,19-15+,20-16+/t41?,42?,43-,46?,47?,48?,50?,51?,52?,53?,55?,56?,58?,59+,60-,61+,62?,64+,65?/m1/s1. The third-order valence-electron chi connectivity index (χ3n) is 16.3. The molecule has 22 heteroatoms. The molecule has 1 aromatic carbocycles. The number of benzene rings is 1. The maximum absolute atomic E-state index is 14.0. The number of nitrogens with zero attached hydrogens (tertiary/aromatic N) is 1. The Morgan fingerprint density at radius 1 is 0.736 bits per heavy atom. The summed E-state index contributed by atoms with van der Waals surface area (Å²) in [7, 11) is 1.77. The summed E-state index contributed by atoms with van der Waals surface area (Å²) >= 11 is 0. The molecule has 0 saturated carbocycles. The first kappa shape index (κ1) is 72.6. The zero-order valence-corrected chi connectivity index (χ0v) is 50.8. The number of nitrogens with one attached hydrogen (secondary N) is 2. The van der Waals surface area contributed by atoms with Crippen molar-refractivity contribution in [2.24, 2.45) is 23.5 Å². The van der Waals surface area contributed by atoms with Gasteiger partial charge in [-0.1, -0.05) is 98.9 Å². The molecule has 22 nitrogen and oxygen atoms in total. The number of ketones is 2. The van der Waals surface area contributed by atoms with Crippen LogP contribution >= 0.6 is 0 Å². The molecular formula is C65H98N4O18. The number of hydrogen-bond acceptors (Lipinski definition) is 21. The van der Waals surface area contributed by atoms with Gasteiger partial charge in [-0.2, -0.15) is 0 Å². The molecule has 0 spiro atoms. The minimum atomic E-state index is -2.27. The van der Waals surface area contributed by atoms with Gasteiger partial charge in [-0.05, 0) is 95.1 Å². The van der Waals surface area contributed by atoms with Gasteiger partial charge in [0.25, 0.3) is 0 Å². The Morgan fingerprint density at radius 2 is 1.31 bits per heavy atom. The highest BCUT2D eigenvalue weighted by molar-refractivity contribution is 5.96. The number of aliphatic hydroxyl groups excluding tert-OH is 9. The van der Waals surface area contributed by atoms with Gasteiger partial charge in [0.05, 0.1) is 85.5 Å². The summed E-state index contributed by atoms with van der Waals surface area (Å²) < 4.78 is 24.4. The van der Waals surface area contributed by atoms with E-state index in [9.17, 15) is 70.2 Å². The van der Waals surface area contributed by atoms with Gasteiger partial charge in [-0.15, -0.1) is 0 Å². The predicted molar refractivity (Wildman–Crippen MR) is 326 cm³/mol. The van der Waals surface area contributed by atoms with E-state index >= 15 is 0 Å². The minimum absolute atomic E-state index is 0.101. The summed E-state index contributed by atoms with van der Waals surface area (Å²) in [4.78, 5) is 55.6. The summed E-state index contributed by atoms with van der Waals surface area (Å²) in [5, 5.41) is 117. The van der Waals surface area contributed by atoms with E-state index in [-0.39, 0.29) is 56.3 Å². The fraction of sp³-hybridized carbons (Fsp3) is 0.631. The maximum Gasteiger partial charge on any atom is 0.308 e. The molecule has 486 valence electrons. The Bertz CT molecular complexity index is 2480. The second kappa shape index (κ2) is 37.1. The highest BCUT2D eigenvalue weighted by atomic mass is 16.7. The first-order valence-electron chi connectivity index (χ1n) is 30.7. The Labute approximate surface area is 511 Å². The number of carbonyl (C=O) groups is 4. The number of cyclic esters (lactones) is 1. The van der Waals surface area contributed by atoms with Crippen LogP contribution in [0.25, 0.3) is 0 Å². The Balaban J connectivity index is 1.35. The zero-order chi connectivity index (χ0) is 63.6. The van der Waals surface area contributed by atoms with Crippen LogP contribution in [0.15, 0.2) is 109 Å². The molecule has 2 bridgehead atoms. The third-order valence-corrected chi connectivity index (χ3v) is 16.3. The van der Waals surface area contributed by atoms with E-state index in [1.165, 1.54) is 0 Å². The van der Waals surface area contributed by atoms with Gasteiger partial charge < -0.3 is 91.3 Å². The highest BCUT2D eigenvalue weighted by Crippen LogP contribution is 2.38. The van der Waals surface area contributed by atoms with Crippen molar-refractivity contribution < 1.29 is 89.2 Å². The van der Waals surface area contributed by atoms with E-state index in [0.717, 1.165) is 31.6 Å². The van der Waals surface area contributed by atoms with Gasteiger partial charge in [-0.25, -0.2) is 0 Å². The number of nitrogens with two attached hydrogens (primary N) is 1. The van der Waals surface area contributed by atoms with E-state index in [0.29, 0.717) is 18.5 Å². The lowest BCUT2D eigenvalue weighted by molar-refractivity contribution is -0.307. The van der Waals surface area contributed by atoms with Crippen LogP contribution in [0.5, 0.6) is 0 Å². The Hall–Kier alpha value is -5.12. The number of rotatable bonds is 14. The van der Waals surface area contributed by atoms with Gasteiger partial charge in [-0.3, -0.25) is 19.2 Å². The lowest BCUT2D eigenvalue weighted by Gasteiger charge is -2.46. The molecule has 14 unspecified atom stereocenters. The van der Waals surface area contributed by atoms with Gasteiger partial charge in [0.2, 0.25) is 5.91 Å². The topological polar surface area (TPSA) is 361 Å². The van der Waals surface area contributed by atoms with E-state index in [1.54, 1.807) is 111 Å². The number of amides is 1. The van der Waals surface area contributed by atoms with Crippen molar-refractivity contribution in [2.75, 3.05) is 38.5 Å². The SMILES string of the molecule is CNc1ccc(C(=O)CC(O)CCC(C)C2OC(=O)CC(O)CC(=O)CC(O)CC(O)CC(O)CC(O)CC3(O)CC(O)C(C(=O)NCCN4CCCC4)C(CC(O[C@@H]4O[C@H](C)[C@@H](O)[C@H](N)[C@@H]4O)/C=C/C=C/C=C/C=C/C=C/C=C/C=C/C2C)O3)cc1. The molecule has 4 aliphatic heterocycles. The van der Waals surface area contributed by atoms with E-state index in [4.69, 9.17) is 24.7 Å². The fourth-order valence-corrected chi connectivity index (χ4v) is 11.5. The van der Waals surface area contributed by atoms with E-state index in [1.807, 2.05) is 26.0 Å². The number of Topliss-reactive ketones (excluding diaryl/α,β-unsaturated/α-hetero) is 2. The van der Waals surface area contributed by atoms with Gasteiger partial charge in [0, 0.05) is 75.8 Å². The molecule has 19 atom stereocenters. The Morgan fingerprint density at radius 3 is 1.93 bits per heavy atom. The van der Waals surface area contributed by atoms with Crippen molar-refractivity contribution in [1.82, 2.24) is 10.2 Å². The second-order valence-corrected chi connectivity index (χ2v) is 23.9. The molecule has 3 saturated heterocycles. The summed E-state index contributed by atoms with van der Waals surface area (Å²) in [5.74, 6) is -6.39. The third kappa shape index (κ3) is 25.4. The number of hydrogen-bond donors (Lipinski definition) is 13. The van der Waals surface area contributed by atoms with Crippen LogP contribution in [-0.2, 0) is 33.3 Å². The second-order valence-electron chi connectivity index (χ2n) is 23.9. The first-order chi connectivity index (χ1) is 41.4. The van der Waals surface area contributed by atoms with Crippen molar-refractivity contribution in [3.63, 3.8) is 0 Å². The van der Waals surface area contributed by atoms with Crippen LogP contribution in [0.4, 0.5) is 5.69 Å². The quantitative estimate of drug-likeness (QED) is 0.0941. The normalized spacial score (nSPS) is 37.0. The van der Waals surface area contributed by atoms with E-state index < -0.39 is 160 Å². The first-order valence-corrected chi connectivity index (χ1v) is 30.7. The fourth-order valence-electron chi connectivity index (χ4n) is 11.5. The number of aliphatic hydroxyl groups is 10.